The zero-order valence-corrected chi connectivity index (χ0v) is 17.2. The second-order valence-electron chi connectivity index (χ2n) is 6.39. The summed E-state index contributed by atoms with van der Waals surface area (Å²) in [6, 6.07) is 14.9. The Kier molecular flexibility index (Phi) is 5.84. The Hall–Kier alpha value is -3.11. The van der Waals surface area contributed by atoms with Crippen LogP contribution in [0.15, 0.2) is 65.7 Å². The second-order valence-corrected chi connectivity index (χ2v) is 7.82. The minimum absolute atomic E-state index is 0.0346. The molecule has 158 valence electrons. The van der Waals surface area contributed by atoms with Gasteiger partial charge in [-0.15, -0.1) is 10.2 Å². The molecule has 2 aromatic heterocycles. The van der Waals surface area contributed by atoms with Crippen molar-refractivity contribution in [2.75, 3.05) is 11.1 Å². The van der Waals surface area contributed by atoms with E-state index in [2.05, 4.69) is 20.6 Å². The van der Waals surface area contributed by atoms with Gasteiger partial charge >= 0.3 is 6.18 Å². The molecule has 11 heteroatoms. The molecule has 0 spiro atoms. The van der Waals surface area contributed by atoms with E-state index in [-0.39, 0.29) is 11.4 Å². The van der Waals surface area contributed by atoms with Crippen molar-refractivity contribution in [2.45, 2.75) is 11.2 Å². The Bertz CT molecular complexity index is 1240. The summed E-state index contributed by atoms with van der Waals surface area (Å²) >= 11 is 7.06. The topological polar surface area (TPSA) is 72.2 Å². The van der Waals surface area contributed by atoms with Crippen LogP contribution in [0.5, 0.6) is 0 Å². The second kappa shape index (κ2) is 8.56. The summed E-state index contributed by atoms with van der Waals surface area (Å²) in [7, 11) is 0. The number of fused-ring (bicyclic) bond motifs is 1. The van der Waals surface area contributed by atoms with Crippen molar-refractivity contribution in [2.24, 2.45) is 0 Å². The number of aromatic nitrogens is 4. The molecule has 1 N–H and O–H groups in total. The third kappa shape index (κ3) is 4.97. The average molecular weight is 464 g/mol. The van der Waals surface area contributed by atoms with Crippen molar-refractivity contribution in [3.63, 3.8) is 0 Å². The maximum atomic E-state index is 12.8. The maximum Gasteiger partial charge on any atom is 0.416 e. The van der Waals surface area contributed by atoms with E-state index in [0.717, 1.165) is 29.5 Å². The van der Waals surface area contributed by atoms with Gasteiger partial charge in [0.05, 0.1) is 11.3 Å². The van der Waals surface area contributed by atoms with Crippen molar-refractivity contribution in [3.8, 4) is 11.4 Å². The third-order valence-corrected chi connectivity index (χ3v) is 5.34. The lowest BCUT2D eigenvalue weighted by molar-refractivity contribution is -0.137. The number of thioether (sulfide) groups is 1. The van der Waals surface area contributed by atoms with Crippen molar-refractivity contribution in [1.82, 2.24) is 19.8 Å². The molecule has 0 aliphatic heterocycles. The van der Waals surface area contributed by atoms with Crippen molar-refractivity contribution >= 4 is 40.6 Å². The molecule has 0 radical (unpaired) electrons. The average Bonchev–Trinajstić information content (AvgIpc) is 3.16. The molecule has 0 aliphatic carbocycles. The molecule has 0 saturated heterocycles. The molecule has 0 unspecified atom stereocenters. The van der Waals surface area contributed by atoms with Gasteiger partial charge in [0.25, 0.3) is 0 Å². The van der Waals surface area contributed by atoms with E-state index in [1.54, 1.807) is 40.9 Å². The SMILES string of the molecule is O=C(CSc1ccc2nnc(-c3ccc(Cl)cc3)n2n1)Nc1cccc(C(F)(F)F)c1. The Morgan fingerprint density at radius 2 is 1.84 bits per heavy atom. The first-order valence-corrected chi connectivity index (χ1v) is 10.2. The summed E-state index contributed by atoms with van der Waals surface area (Å²) in [6.07, 6.45) is -4.48. The van der Waals surface area contributed by atoms with Gasteiger partial charge in [-0.3, -0.25) is 4.79 Å². The summed E-state index contributed by atoms with van der Waals surface area (Å²) in [4.78, 5) is 12.2. The Balaban J connectivity index is 1.46. The van der Waals surface area contributed by atoms with Gasteiger partial charge < -0.3 is 5.32 Å². The molecule has 6 nitrogen and oxygen atoms in total. The van der Waals surface area contributed by atoms with E-state index in [9.17, 15) is 18.0 Å². The molecule has 0 saturated carbocycles. The van der Waals surface area contributed by atoms with Gasteiger partial charge in [-0.05, 0) is 54.6 Å². The highest BCUT2D eigenvalue weighted by Crippen LogP contribution is 2.30. The highest BCUT2D eigenvalue weighted by molar-refractivity contribution is 7.99. The number of hydrogen-bond donors (Lipinski definition) is 1. The first kappa shape index (κ1) is 21.1. The zero-order chi connectivity index (χ0) is 22.0. The van der Waals surface area contributed by atoms with Crippen LogP contribution >= 0.6 is 23.4 Å². The first-order chi connectivity index (χ1) is 14.8. The highest BCUT2D eigenvalue weighted by Gasteiger charge is 2.30. The van der Waals surface area contributed by atoms with Crippen LogP contribution in [0.2, 0.25) is 5.02 Å². The van der Waals surface area contributed by atoms with Crippen molar-refractivity contribution < 1.29 is 18.0 Å². The minimum atomic E-state index is -4.48. The van der Waals surface area contributed by atoms with Crippen LogP contribution in [0.25, 0.3) is 17.0 Å². The Labute approximate surface area is 183 Å². The fourth-order valence-corrected chi connectivity index (χ4v) is 3.52. The van der Waals surface area contributed by atoms with Gasteiger partial charge in [0.1, 0.15) is 5.03 Å². The van der Waals surface area contributed by atoms with Crippen LogP contribution in [-0.4, -0.2) is 31.5 Å². The molecule has 0 aliphatic rings. The fraction of sp³-hybridized carbons (Fsp3) is 0.100. The summed E-state index contributed by atoms with van der Waals surface area (Å²) in [5, 5.41) is 16.3. The maximum absolute atomic E-state index is 12.8. The summed E-state index contributed by atoms with van der Waals surface area (Å²) in [6.45, 7) is 0. The number of halogens is 4. The molecule has 0 bridgehead atoms. The molecule has 4 aromatic rings. The van der Waals surface area contributed by atoms with E-state index >= 15 is 0 Å². The van der Waals surface area contributed by atoms with E-state index < -0.39 is 17.6 Å². The summed E-state index contributed by atoms with van der Waals surface area (Å²) in [5.74, 6) is 0.0307. The predicted molar refractivity (Wildman–Crippen MR) is 112 cm³/mol. The third-order valence-electron chi connectivity index (χ3n) is 4.17. The quantitative estimate of drug-likeness (QED) is 0.412. The molecule has 0 fully saturated rings. The molecule has 1 amide bonds. The lowest BCUT2D eigenvalue weighted by atomic mass is 10.2. The molecule has 4 rings (SSSR count). The number of carbonyl (C=O) groups is 1. The fourth-order valence-electron chi connectivity index (χ4n) is 2.74. The highest BCUT2D eigenvalue weighted by atomic mass is 35.5. The van der Waals surface area contributed by atoms with E-state index in [1.165, 1.54) is 12.1 Å². The van der Waals surface area contributed by atoms with Gasteiger partial charge in [-0.25, -0.2) is 0 Å². The molecule has 2 heterocycles. The van der Waals surface area contributed by atoms with Crippen molar-refractivity contribution in [1.29, 1.82) is 0 Å². The van der Waals surface area contributed by atoms with Crippen LogP contribution in [0.1, 0.15) is 5.56 Å². The normalized spacial score (nSPS) is 11.6. The number of nitrogens with zero attached hydrogens (tertiary/aromatic N) is 4. The van der Waals surface area contributed by atoms with Gasteiger partial charge in [0.15, 0.2) is 11.5 Å². The van der Waals surface area contributed by atoms with Crippen LogP contribution in [-0.2, 0) is 11.0 Å². The Morgan fingerprint density at radius 1 is 1.06 bits per heavy atom. The summed E-state index contributed by atoms with van der Waals surface area (Å²) < 4.78 is 40.0. The minimum Gasteiger partial charge on any atom is -0.325 e. The van der Waals surface area contributed by atoms with Gasteiger partial charge in [-0.2, -0.15) is 22.8 Å². The van der Waals surface area contributed by atoms with Gasteiger partial charge in [-0.1, -0.05) is 29.4 Å². The monoisotopic (exact) mass is 463 g/mol. The molecule has 31 heavy (non-hydrogen) atoms. The molecule has 2 aromatic carbocycles. The first-order valence-electron chi connectivity index (χ1n) is 8.88. The lowest BCUT2D eigenvalue weighted by Crippen LogP contribution is -2.15. The number of anilines is 1. The van der Waals surface area contributed by atoms with E-state index in [4.69, 9.17) is 11.6 Å². The van der Waals surface area contributed by atoms with E-state index in [0.29, 0.717) is 21.5 Å². The van der Waals surface area contributed by atoms with Crippen LogP contribution < -0.4 is 5.32 Å². The molecular formula is C20H13ClF3N5OS. The number of carbonyl (C=O) groups excluding carboxylic acids is 1. The van der Waals surface area contributed by atoms with Crippen LogP contribution in [0.3, 0.4) is 0 Å². The zero-order valence-electron chi connectivity index (χ0n) is 15.6. The number of hydrogen-bond acceptors (Lipinski definition) is 5. The molecule has 0 atom stereocenters. The largest absolute Gasteiger partial charge is 0.416 e. The number of amides is 1. The number of benzene rings is 2. The van der Waals surface area contributed by atoms with Crippen LogP contribution in [0.4, 0.5) is 18.9 Å². The van der Waals surface area contributed by atoms with E-state index in [1.807, 2.05) is 0 Å². The van der Waals surface area contributed by atoms with Gasteiger partial charge in [0, 0.05) is 16.3 Å². The lowest BCUT2D eigenvalue weighted by Gasteiger charge is -2.09. The number of alkyl halides is 3. The predicted octanol–water partition coefficient (Wildman–Crippen LogP) is 5.19. The van der Waals surface area contributed by atoms with Gasteiger partial charge in [0.2, 0.25) is 5.91 Å². The standard InChI is InChI=1S/C20H13ClF3N5OS/c21-14-6-4-12(5-7-14)19-27-26-16-8-9-18(28-29(16)19)31-11-17(30)25-15-3-1-2-13(10-15)20(22,23)24/h1-10H,11H2,(H,25,30). The van der Waals surface area contributed by atoms with Crippen LogP contribution in [0, 0.1) is 0 Å². The van der Waals surface area contributed by atoms with Crippen molar-refractivity contribution in [3.05, 3.63) is 71.2 Å². The number of nitrogens with one attached hydrogen (secondary N) is 1. The summed E-state index contributed by atoms with van der Waals surface area (Å²) in [5.41, 5.74) is 0.552. The number of rotatable bonds is 5. The Morgan fingerprint density at radius 3 is 2.58 bits per heavy atom. The smallest absolute Gasteiger partial charge is 0.325 e. The molecular weight excluding hydrogens is 451 g/mol.